The van der Waals surface area contributed by atoms with E-state index in [1.165, 1.54) is 0 Å². The third kappa shape index (κ3) is 3.83. The number of para-hydroxylation sites is 1. The second-order valence-corrected chi connectivity index (χ2v) is 4.71. The second-order valence-electron chi connectivity index (χ2n) is 4.71. The van der Waals surface area contributed by atoms with Crippen molar-refractivity contribution >= 4 is 0 Å². The van der Waals surface area contributed by atoms with Crippen LogP contribution in [0.1, 0.15) is 23.9 Å². The number of hydrogen-bond donors (Lipinski definition) is 1. The Morgan fingerprint density at radius 2 is 2.00 bits per heavy atom. The molecule has 0 unspecified atom stereocenters. The molecule has 0 bridgehead atoms. The highest BCUT2D eigenvalue weighted by molar-refractivity contribution is 5.21. The third-order valence-electron chi connectivity index (χ3n) is 3.05. The number of ether oxygens (including phenoxy) is 1. The summed E-state index contributed by atoms with van der Waals surface area (Å²) in [5.74, 6) is 1.77. The molecule has 1 atom stereocenters. The van der Waals surface area contributed by atoms with E-state index in [1.807, 2.05) is 44.2 Å². The van der Waals surface area contributed by atoms with E-state index in [0.717, 1.165) is 29.3 Å². The maximum Gasteiger partial charge on any atom is 0.138 e. The molecule has 0 aliphatic rings. The smallest absolute Gasteiger partial charge is 0.138 e. The van der Waals surface area contributed by atoms with Gasteiger partial charge in [0.2, 0.25) is 0 Å². The van der Waals surface area contributed by atoms with Crippen LogP contribution in [-0.4, -0.2) is 17.8 Å². The van der Waals surface area contributed by atoms with Gasteiger partial charge >= 0.3 is 0 Å². The maximum absolute atomic E-state index is 5.70. The Hall–Kier alpha value is -1.81. The number of rotatable bonds is 6. The molecule has 1 heterocycles. The normalized spacial score (nSPS) is 12.4. The quantitative estimate of drug-likeness (QED) is 0.867. The monoisotopic (exact) mass is 260 g/mol. The molecule has 0 spiro atoms. The van der Waals surface area contributed by atoms with Crippen LogP contribution < -0.4 is 10.1 Å². The van der Waals surface area contributed by atoms with Crippen molar-refractivity contribution in [2.24, 2.45) is 0 Å². The Kier molecular flexibility index (Phi) is 4.58. The van der Waals surface area contributed by atoms with E-state index < -0.39 is 0 Å². The molecule has 4 heteroatoms. The first-order valence-electron chi connectivity index (χ1n) is 6.50. The van der Waals surface area contributed by atoms with Gasteiger partial charge in [-0.2, -0.15) is 0 Å². The van der Waals surface area contributed by atoms with Crippen molar-refractivity contribution in [3.05, 3.63) is 47.3 Å². The first kappa shape index (κ1) is 13.6. The summed E-state index contributed by atoms with van der Waals surface area (Å²) in [5.41, 5.74) is 2.08. The first-order chi connectivity index (χ1) is 9.16. The van der Waals surface area contributed by atoms with E-state index in [4.69, 9.17) is 9.26 Å². The van der Waals surface area contributed by atoms with Crippen LogP contribution in [0, 0.1) is 13.8 Å². The lowest BCUT2D eigenvalue weighted by atomic mass is 10.2. The largest absolute Gasteiger partial charge is 0.492 e. The van der Waals surface area contributed by atoms with E-state index in [0.29, 0.717) is 6.61 Å². The van der Waals surface area contributed by atoms with Gasteiger partial charge < -0.3 is 14.6 Å². The minimum absolute atomic E-state index is 0.258. The SMILES string of the molecule is Cc1noc(C)c1CN[C@H](C)COc1ccccc1. The molecule has 0 saturated heterocycles. The van der Waals surface area contributed by atoms with Gasteiger partial charge in [-0.3, -0.25) is 0 Å². The molecular weight excluding hydrogens is 240 g/mol. The highest BCUT2D eigenvalue weighted by atomic mass is 16.5. The fourth-order valence-electron chi connectivity index (χ4n) is 1.83. The predicted molar refractivity (Wildman–Crippen MR) is 74.2 cm³/mol. The summed E-state index contributed by atoms with van der Waals surface area (Å²) < 4.78 is 10.8. The molecule has 2 aromatic rings. The first-order valence-corrected chi connectivity index (χ1v) is 6.50. The Morgan fingerprint density at radius 3 is 2.63 bits per heavy atom. The summed E-state index contributed by atoms with van der Waals surface area (Å²) in [4.78, 5) is 0. The zero-order valence-corrected chi connectivity index (χ0v) is 11.6. The number of nitrogens with zero attached hydrogens (tertiary/aromatic N) is 1. The lowest BCUT2D eigenvalue weighted by Crippen LogP contribution is -2.31. The van der Waals surface area contributed by atoms with Crippen LogP contribution in [-0.2, 0) is 6.54 Å². The minimum Gasteiger partial charge on any atom is -0.492 e. The third-order valence-corrected chi connectivity index (χ3v) is 3.05. The Morgan fingerprint density at radius 1 is 1.26 bits per heavy atom. The van der Waals surface area contributed by atoms with Crippen molar-refractivity contribution in [2.75, 3.05) is 6.61 Å². The molecule has 2 rings (SSSR count). The molecule has 4 nitrogen and oxygen atoms in total. The van der Waals surface area contributed by atoms with E-state index in [9.17, 15) is 0 Å². The van der Waals surface area contributed by atoms with Crippen molar-refractivity contribution in [2.45, 2.75) is 33.4 Å². The number of aromatic nitrogens is 1. The lowest BCUT2D eigenvalue weighted by molar-refractivity contribution is 0.272. The molecule has 1 aromatic carbocycles. The minimum atomic E-state index is 0.258. The van der Waals surface area contributed by atoms with Crippen LogP contribution >= 0.6 is 0 Å². The van der Waals surface area contributed by atoms with Gasteiger partial charge in [0.1, 0.15) is 18.1 Å². The van der Waals surface area contributed by atoms with Gasteiger partial charge in [0, 0.05) is 18.2 Å². The summed E-state index contributed by atoms with van der Waals surface area (Å²) >= 11 is 0. The predicted octanol–water partition coefficient (Wildman–Crippen LogP) is 2.85. The van der Waals surface area contributed by atoms with Crippen LogP contribution in [0.15, 0.2) is 34.9 Å². The van der Waals surface area contributed by atoms with E-state index in [2.05, 4.69) is 17.4 Å². The van der Waals surface area contributed by atoms with Gasteiger partial charge in [-0.25, -0.2) is 0 Å². The molecular formula is C15H20N2O2. The fraction of sp³-hybridized carbons (Fsp3) is 0.400. The van der Waals surface area contributed by atoms with Crippen molar-refractivity contribution in [1.82, 2.24) is 10.5 Å². The number of hydrogen-bond acceptors (Lipinski definition) is 4. The van der Waals surface area contributed by atoms with E-state index >= 15 is 0 Å². The zero-order valence-electron chi connectivity index (χ0n) is 11.6. The van der Waals surface area contributed by atoms with Crippen LogP contribution in [0.25, 0.3) is 0 Å². The lowest BCUT2D eigenvalue weighted by Gasteiger charge is -2.14. The number of nitrogens with one attached hydrogen (secondary N) is 1. The Balaban J connectivity index is 1.77. The average molecular weight is 260 g/mol. The van der Waals surface area contributed by atoms with Crippen molar-refractivity contribution in [3.8, 4) is 5.75 Å². The van der Waals surface area contributed by atoms with Gasteiger partial charge in [-0.05, 0) is 32.9 Å². The van der Waals surface area contributed by atoms with Crippen molar-refractivity contribution < 1.29 is 9.26 Å². The molecule has 0 aliphatic carbocycles. The van der Waals surface area contributed by atoms with Crippen LogP contribution in [0.3, 0.4) is 0 Å². The number of benzene rings is 1. The van der Waals surface area contributed by atoms with Gasteiger partial charge in [-0.1, -0.05) is 23.4 Å². The number of aryl methyl sites for hydroxylation is 2. The topological polar surface area (TPSA) is 47.3 Å². The fourth-order valence-corrected chi connectivity index (χ4v) is 1.83. The van der Waals surface area contributed by atoms with Crippen LogP contribution in [0.4, 0.5) is 0 Å². The summed E-state index contributed by atoms with van der Waals surface area (Å²) in [6.45, 7) is 7.37. The van der Waals surface area contributed by atoms with Gasteiger partial charge in [0.25, 0.3) is 0 Å². The van der Waals surface area contributed by atoms with E-state index in [-0.39, 0.29) is 6.04 Å². The summed E-state index contributed by atoms with van der Waals surface area (Å²) in [6, 6.07) is 10.1. The molecule has 1 aromatic heterocycles. The molecule has 19 heavy (non-hydrogen) atoms. The van der Waals surface area contributed by atoms with Crippen molar-refractivity contribution in [1.29, 1.82) is 0 Å². The Bertz CT molecular complexity index is 489. The summed E-state index contributed by atoms with van der Waals surface area (Å²) in [5, 5.41) is 7.35. The second kappa shape index (κ2) is 6.38. The van der Waals surface area contributed by atoms with Crippen molar-refractivity contribution in [3.63, 3.8) is 0 Å². The van der Waals surface area contributed by atoms with Gasteiger partial charge in [0.05, 0.1) is 5.69 Å². The molecule has 102 valence electrons. The highest BCUT2D eigenvalue weighted by Gasteiger charge is 2.10. The maximum atomic E-state index is 5.70. The molecule has 0 saturated carbocycles. The standard InChI is InChI=1S/C15H20N2O2/c1-11(10-18-14-7-5-4-6-8-14)16-9-15-12(2)17-19-13(15)3/h4-8,11,16H,9-10H2,1-3H3/t11-/m1/s1. The average Bonchev–Trinajstić information content (AvgIpc) is 2.75. The molecule has 0 fully saturated rings. The summed E-state index contributed by atoms with van der Waals surface area (Å²) in [6.07, 6.45) is 0. The molecule has 0 radical (unpaired) electrons. The Labute approximate surface area is 113 Å². The molecule has 1 N–H and O–H groups in total. The highest BCUT2D eigenvalue weighted by Crippen LogP contribution is 2.12. The van der Waals surface area contributed by atoms with Gasteiger partial charge in [0.15, 0.2) is 0 Å². The van der Waals surface area contributed by atoms with Gasteiger partial charge in [-0.15, -0.1) is 0 Å². The molecule has 0 aliphatic heterocycles. The van der Waals surface area contributed by atoms with E-state index in [1.54, 1.807) is 0 Å². The van der Waals surface area contributed by atoms with Crippen LogP contribution in [0.2, 0.25) is 0 Å². The molecule has 0 amide bonds. The zero-order chi connectivity index (χ0) is 13.7. The summed E-state index contributed by atoms with van der Waals surface area (Å²) in [7, 11) is 0. The van der Waals surface area contributed by atoms with Crippen LogP contribution in [0.5, 0.6) is 5.75 Å².